The molecule has 2 aliphatic heterocycles. The van der Waals surface area contributed by atoms with Crippen LogP contribution < -0.4 is 16.0 Å². The van der Waals surface area contributed by atoms with Crippen LogP contribution >= 0.6 is 24.0 Å². The Morgan fingerprint density at radius 1 is 1.10 bits per heavy atom. The van der Waals surface area contributed by atoms with Crippen molar-refractivity contribution < 1.29 is 48.1 Å². The first-order valence-electron chi connectivity index (χ1n) is 21.0. The fourth-order valence-corrected chi connectivity index (χ4v) is 8.78. The molecule has 1 aromatic carbocycles. The topological polar surface area (TPSA) is 217 Å². The highest BCUT2D eigenvalue weighted by atomic mass is 32.1. The van der Waals surface area contributed by atoms with E-state index in [1.165, 1.54) is 13.8 Å². The molecule has 0 radical (unpaired) electrons. The van der Waals surface area contributed by atoms with Gasteiger partial charge in [0.1, 0.15) is 35.4 Å². The first kappa shape index (κ1) is 49.1. The van der Waals surface area contributed by atoms with Crippen molar-refractivity contribution in [3.8, 4) is 0 Å². The average molecular weight is 887 g/mol. The Labute approximate surface area is 367 Å². The number of carboxylic acids is 1. The summed E-state index contributed by atoms with van der Waals surface area (Å²) in [5.41, 5.74) is -0.466. The molecule has 0 aliphatic carbocycles. The van der Waals surface area contributed by atoms with Crippen molar-refractivity contribution in [3.05, 3.63) is 52.0 Å². The molecule has 2 saturated heterocycles. The Balaban J connectivity index is 1.52. The molecule has 0 saturated carbocycles. The number of hydrogen-bond acceptors (Lipinski definition) is 12. The number of carbonyl (C=O) groups excluding carboxylic acids is 6. The Hall–Kier alpha value is -4.55. The summed E-state index contributed by atoms with van der Waals surface area (Å²) in [4.78, 5) is 99.5. The second-order valence-corrected chi connectivity index (χ2v) is 17.8. The first-order chi connectivity index (χ1) is 28.9. The number of esters is 1. The molecule has 16 nitrogen and oxygen atoms in total. The Morgan fingerprint density at radius 3 is 2.43 bits per heavy atom. The number of rotatable bonds is 22. The largest absolute Gasteiger partial charge is 0.480 e. The molecule has 61 heavy (non-hydrogen) atoms. The summed E-state index contributed by atoms with van der Waals surface area (Å²) in [6.07, 6.45) is 2.35. The number of thiol groups is 1. The second-order valence-electron chi connectivity index (χ2n) is 16.5. The number of piperidine rings is 1. The Morgan fingerprint density at radius 2 is 1.80 bits per heavy atom. The molecule has 8 atom stereocenters. The molecule has 0 bridgehead atoms. The third kappa shape index (κ3) is 13.2. The fraction of sp³-hybridized carbons (Fsp3) is 0.628. The van der Waals surface area contributed by atoms with Gasteiger partial charge in [-0.05, 0) is 62.2 Å². The normalized spacial score (nSPS) is 21.0. The molecule has 1 aromatic heterocycles. The maximum atomic E-state index is 14.4. The molecule has 0 spiro atoms. The van der Waals surface area contributed by atoms with E-state index in [9.17, 15) is 33.6 Å². The minimum absolute atomic E-state index is 0.0406. The number of aliphatic carboxylic acids is 1. The average Bonchev–Trinajstić information content (AvgIpc) is 3.68. The number of nitrogens with zero attached hydrogens (tertiary/aromatic N) is 3. The number of hydrogen-bond donors (Lipinski definition) is 5. The quantitative estimate of drug-likeness (QED) is 0.0649. The van der Waals surface area contributed by atoms with E-state index < -0.39 is 72.3 Å². The molecule has 2 unspecified atom stereocenters. The number of amides is 5. The van der Waals surface area contributed by atoms with Crippen LogP contribution in [0.5, 0.6) is 0 Å². The number of likely N-dealkylation sites (N-methyl/N-ethyl adjacent to an activating group) is 1. The van der Waals surface area contributed by atoms with Gasteiger partial charge in [0, 0.05) is 44.8 Å². The maximum Gasteiger partial charge on any atom is 0.322 e. The van der Waals surface area contributed by atoms with Crippen molar-refractivity contribution in [1.82, 2.24) is 30.7 Å². The maximum absolute atomic E-state index is 14.4. The number of nitrogens with one attached hydrogen (secondary N) is 3. The summed E-state index contributed by atoms with van der Waals surface area (Å²) in [6.45, 7) is 10.4. The van der Waals surface area contributed by atoms with Crippen LogP contribution in [0.1, 0.15) is 114 Å². The third-order valence-corrected chi connectivity index (χ3v) is 12.8. The van der Waals surface area contributed by atoms with Crippen LogP contribution in [0, 0.1) is 11.8 Å². The highest BCUT2D eigenvalue weighted by molar-refractivity contribution is 7.80. The Kier molecular flexibility index (Phi) is 18.1. The van der Waals surface area contributed by atoms with Crippen molar-refractivity contribution in [2.24, 2.45) is 11.8 Å². The van der Waals surface area contributed by atoms with Crippen LogP contribution in [-0.4, -0.2) is 123 Å². The van der Waals surface area contributed by atoms with Crippen molar-refractivity contribution in [2.45, 2.75) is 135 Å². The van der Waals surface area contributed by atoms with Gasteiger partial charge in [0.05, 0.1) is 6.04 Å². The number of likely N-dealkylation sites (tertiary alicyclic amines) is 1. The zero-order valence-corrected chi connectivity index (χ0v) is 37.9. The number of benzene rings is 1. The van der Waals surface area contributed by atoms with Crippen LogP contribution in [0.2, 0.25) is 0 Å². The van der Waals surface area contributed by atoms with Crippen LogP contribution in [0.15, 0.2) is 35.7 Å². The lowest BCUT2D eigenvalue weighted by Crippen LogP contribution is -2.59. The predicted octanol–water partition coefficient (Wildman–Crippen LogP) is 3.94. The summed E-state index contributed by atoms with van der Waals surface area (Å²) >= 11 is 5.35. The monoisotopic (exact) mass is 886 g/mol. The number of ether oxygens (including phenoxy) is 2. The fourth-order valence-electron chi connectivity index (χ4n) is 7.78. The van der Waals surface area contributed by atoms with Gasteiger partial charge >= 0.3 is 11.9 Å². The standard InChI is InChI=1S/C43H62N6O10S2/c1-8-26(4)36(47-39(55)31-17-12-13-19-49(31)34(51)18-14-20-60)41(56)48(7)32(25(2)3)22-33(58-27(5)50)40-46-30(24-61-40)38(54)45-29(21-28-15-10-9-11-16-28)37-43(6,59-37)42(57)44-23-35(52)53/h9-11,15-16,24-26,29,31-33,36-37,60H,8,12-14,17-23H2,1-7H3,(H,44,57)(H,45,54)(H,47,55)(H,52,53)/t26-,29-,31-,32+,33+,36+,37?,43?/m0/s1. The van der Waals surface area contributed by atoms with E-state index in [0.717, 1.165) is 29.7 Å². The molecule has 2 aliphatic rings. The number of aromatic nitrogens is 1. The summed E-state index contributed by atoms with van der Waals surface area (Å²) in [5, 5.41) is 19.2. The molecular weight excluding hydrogens is 825 g/mol. The summed E-state index contributed by atoms with van der Waals surface area (Å²) in [6, 6.07) is 6.55. The van der Waals surface area contributed by atoms with Crippen LogP contribution in [0.4, 0.5) is 0 Å². The van der Waals surface area contributed by atoms with Gasteiger partial charge in [-0.1, -0.05) is 64.4 Å². The number of carboxylic acid groups (broad SMARTS) is 1. The summed E-state index contributed by atoms with van der Waals surface area (Å²) in [7, 11) is 1.66. The second kappa shape index (κ2) is 22.5. The van der Waals surface area contributed by atoms with Gasteiger partial charge in [0.25, 0.3) is 11.8 Å². The number of thiazole rings is 1. The zero-order valence-electron chi connectivity index (χ0n) is 36.2. The van der Waals surface area contributed by atoms with Crippen molar-refractivity contribution >= 4 is 65.4 Å². The Bertz CT molecular complexity index is 1860. The van der Waals surface area contributed by atoms with E-state index in [1.807, 2.05) is 58.0 Å². The van der Waals surface area contributed by atoms with Gasteiger partial charge in [-0.25, -0.2) is 4.98 Å². The molecule has 3 heterocycles. The van der Waals surface area contributed by atoms with Gasteiger partial charge in [0.15, 0.2) is 11.7 Å². The third-order valence-electron chi connectivity index (χ3n) is 11.5. The highest BCUT2D eigenvalue weighted by Crippen LogP contribution is 2.40. The van der Waals surface area contributed by atoms with Crippen LogP contribution in [-0.2, 0) is 44.7 Å². The minimum Gasteiger partial charge on any atom is -0.480 e. The predicted molar refractivity (Wildman–Crippen MR) is 232 cm³/mol. The molecular formula is C43H62N6O10S2. The van der Waals surface area contributed by atoms with Crippen molar-refractivity contribution in [1.29, 1.82) is 0 Å². The lowest BCUT2D eigenvalue weighted by molar-refractivity contribution is -0.149. The van der Waals surface area contributed by atoms with E-state index in [4.69, 9.17) is 14.6 Å². The number of epoxide rings is 1. The van der Waals surface area contributed by atoms with Crippen LogP contribution in [0.3, 0.4) is 0 Å². The minimum atomic E-state index is -1.37. The molecule has 2 fully saturated rings. The van der Waals surface area contributed by atoms with Crippen molar-refractivity contribution in [3.63, 3.8) is 0 Å². The van der Waals surface area contributed by atoms with Gasteiger partial charge in [0.2, 0.25) is 17.7 Å². The number of carbonyl (C=O) groups is 7. The molecule has 2 aromatic rings. The lowest BCUT2D eigenvalue weighted by Gasteiger charge is -2.39. The highest BCUT2D eigenvalue weighted by Gasteiger charge is 2.62. The zero-order chi connectivity index (χ0) is 45.0. The van der Waals surface area contributed by atoms with Gasteiger partial charge in [-0.2, -0.15) is 12.6 Å². The summed E-state index contributed by atoms with van der Waals surface area (Å²) in [5.74, 6) is -3.55. The molecule has 4 N–H and O–H groups in total. The molecule has 5 amide bonds. The molecule has 18 heteroatoms. The van der Waals surface area contributed by atoms with Crippen LogP contribution in [0.25, 0.3) is 0 Å². The van der Waals surface area contributed by atoms with E-state index in [2.05, 4.69) is 33.6 Å². The first-order valence-corrected chi connectivity index (χ1v) is 22.6. The van der Waals surface area contributed by atoms with E-state index in [1.54, 1.807) is 22.2 Å². The molecule has 4 rings (SSSR count). The smallest absolute Gasteiger partial charge is 0.322 e. The van der Waals surface area contributed by atoms with Gasteiger partial charge < -0.3 is 40.3 Å². The molecule has 336 valence electrons. The van der Waals surface area contributed by atoms with E-state index in [0.29, 0.717) is 49.4 Å². The van der Waals surface area contributed by atoms with E-state index >= 15 is 0 Å². The lowest BCUT2D eigenvalue weighted by atomic mass is 9.92. The van der Waals surface area contributed by atoms with Gasteiger partial charge in [-0.3, -0.25) is 33.6 Å². The SMILES string of the molecule is CC[C@H](C)[C@@H](NC(=O)[C@@H]1CCCCN1C(=O)CCCS)C(=O)N(C)[C@H](C[C@@H](OC(C)=O)c1nc(C(=O)N[C@@H](Cc2ccccc2)C2OC2(C)C(=O)NCC(=O)O)cs1)C(C)C. The van der Waals surface area contributed by atoms with Crippen molar-refractivity contribution in [2.75, 3.05) is 25.9 Å². The summed E-state index contributed by atoms with van der Waals surface area (Å²) < 4.78 is 11.6. The van der Waals surface area contributed by atoms with Gasteiger partial charge in [-0.15, -0.1) is 11.3 Å². The van der Waals surface area contributed by atoms with E-state index in [-0.39, 0.29) is 41.7 Å².